The normalized spacial score (nSPS) is 10.6. The molecule has 1 aromatic heterocycles. The second kappa shape index (κ2) is 4.23. The smallest absolute Gasteiger partial charge is 0.122 e. The molecule has 0 aliphatic rings. The molecule has 14 heavy (non-hydrogen) atoms. The van der Waals surface area contributed by atoms with Crippen molar-refractivity contribution in [2.75, 3.05) is 0 Å². The Labute approximate surface area is 81.4 Å². The second-order valence-corrected chi connectivity index (χ2v) is 2.55. The number of benzene rings is 1. The first-order chi connectivity index (χ1) is 6.95. The van der Waals surface area contributed by atoms with Crippen molar-refractivity contribution >= 4 is 11.4 Å². The van der Waals surface area contributed by atoms with Crippen LogP contribution in [0.1, 0.15) is 0 Å². The average Bonchev–Trinajstić information content (AvgIpc) is 2.29. The van der Waals surface area contributed by atoms with Crippen molar-refractivity contribution in [1.29, 1.82) is 0 Å². The van der Waals surface area contributed by atoms with E-state index < -0.39 is 0 Å². The molecule has 1 radical (unpaired) electrons. The number of hydrogen-bond donors (Lipinski definition) is 0. The Kier molecular flexibility index (Phi) is 2.56. The van der Waals surface area contributed by atoms with E-state index in [2.05, 4.69) is 26.3 Å². The van der Waals surface area contributed by atoms with Gasteiger partial charge in [-0.2, -0.15) is 5.11 Å². The van der Waals surface area contributed by atoms with Crippen molar-refractivity contribution in [2.45, 2.75) is 0 Å². The number of nitrogens with zero attached hydrogens (tertiary/aromatic N) is 4. The topological polar surface area (TPSA) is 50.5 Å². The molecule has 0 aliphatic heterocycles. The van der Waals surface area contributed by atoms with Crippen LogP contribution in [-0.2, 0) is 0 Å². The Hall–Kier alpha value is -2.10. The minimum absolute atomic E-state index is 0.639. The molecule has 0 bridgehead atoms. The number of azo groups is 1. The van der Waals surface area contributed by atoms with Gasteiger partial charge in [-0.25, -0.2) is 9.97 Å². The maximum Gasteiger partial charge on any atom is 0.122 e. The van der Waals surface area contributed by atoms with Gasteiger partial charge in [0.25, 0.3) is 0 Å². The van der Waals surface area contributed by atoms with Crippen LogP contribution in [0.3, 0.4) is 0 Å². The molecule has 0 N–H and O–H groups in total. The van der Waals surface area contributed by atoms with E-state index in [1.807, 2.05) is 12.1 Å². The molecule has 4 nitrogen and oxygen atoms in total. The van der Waals surface area contributed by atoms with Gasteiger partial charge in [0.1, 0.15) is 12.0 Å². The van der Waals surface area contributed by atoms with Gasteiger partial charge in [-0.1, -0.05) is 12.1 Å². The maximum absolute atomic E-state index is 4.00. The van der Waals surface area contributed by atoms with Crippen LogP contribution in [0.15, 0.2) is 53.2 Å². The summed E-state index contributed by atoms with van der Waals surface area (Å²) in [5, 5.41) is 7.96. The van der Waals surface area contributed by atoms with Crippen molar-refractivity contribution in [3.05, 3.63) is 49.1 Å². The zero-order valence-electron chi connectivity index (χ0n) is 7.33. The summed E-state index contributed by atoms with van der Waals surface area (Å²) < 4.78 is 0. The molecular formula is C10H7N4. The van der Waals surface area contributed by atoms with E-state index in [9.17, 15) is 0 Å². The fraction of sp³-hybridized carbons (Fsp3) is 0. The van der Waals surface area contributed by atoms with Gasteiger partial charge in [0.05, 0.1) is 18.1 Å². The van der Waals surface area contributed by atoms with Crippen LogP contribution in [0.5, 0.6) is 0 Å². The van der Waals surface area contributed by atoms with Crippen LogP contribution in [-0.4, -0.2) is 9.97 Å². The molecule has 1 aromatic carbocycles. The third-order valence-electron chi connectivity index (χ3n) is 1.53. The summed E-state index contributed by atoms with van der Waals surface area (Å²) in [6, 6.07) is 10.1. The van der Waals surface area contributed by atoms with Crippen molar-refractivity contribution in [3.63, 3.8) is 0 Å². The molecular weight excluding hydrogens is 176 g/mol. The first-order valence-corrected chi connectivity index (χ1v) is 4.08. The van der Waals surface area contributed by atoms with Gasteiger partial charge in [0.2, 0.25) is 0 Å². The summed E-state index contributed by atoms with van der Waals surface area (Å²) in [6.07, 6.45) is 4.66. The third kappa shape index (κ3) is 2.20. The predicted molar refractivity (Wildman–Crippen MR) is 51.5 cm³/mol. The highest BCUT2D eigenvalue weighted by molar-refractivity contribution is 5.36. The van der Waals surface area contributed by atoms with Crippen molar-refractivity contribution in [2.24, 2.45) is 10.2 Å². The lowest BCUT2D eigenvalue weighted by molar-refractivity contribution is 1.12. The van der Waals surface area contributed by atoms with Gasteiger partial charge < -0.3 is 0 Å². The molecule has 0 spiro atoms. The SMILES string of the molecule is [c]1ccc(N=Nc2cncnc2)cc1. The van der Waals surface area contributed by atoms with Crippen molar-refractivity contribution < 1.29 is 0 Å². The lowest BCUT2D eigenvalue weighted by Crippen LogP contribution is -1.72. The summed E-state index contributed by atoms with van der Waals surface area (Å²) in [4.78, 5) is 7.65. The van der Waals surface area contributed by atoms with Gasteiger partial charge in [-0.05, 0) is 18.2 Å². The summed E-state index contributed by atoms with van der Waals surface area (Å²) >= 11 is 0. The van der Waals surface area contributed by atoms with Crippen LogP contribution < -0.4 is 0 Å². The zero-order chi connectivity index (χ0) is 9.64. The van der Waals surface area contributed by atoms with E-state index in [1.54, 1.807) is 24.5 Å². The quantitative estimate of drug-likeness (QED) is 0.672. The van der Waals surface area contributed by atoms with E-state index in [0.29, 0.717) is 5.69 Å². The van der Waals surface area contributed by atoms with Gasteiger partial charge in [-0.15, -0.1) is 5.11 Å². The van der Waals surface area contributed by atoms with Gasteiger partial charge >= 0.3 is 0 Å². The van der Waals surface area contributed by atoms with Crippen LogP contribution in [0.2, 0.25) is 0 Å². The average molecular weight is 183 g/mol. The monoisotopic (exact) mass is 183 g/mol. The lowest BCUT2D eigenvalue weighted by Gasteiger charge is -1.90. The Bertz CT molecular complexity index is 369. The van der Waals surface area contributed by atoms with Gasteiger partial charge in [-0.3, -0.25) is 0 Å². The molecule has 0 amide bonds. The lowest BCUT2D eigenvalue weighted by atomic mass is 10.3. The van der Waals surface area contributed by atoms with Crippen molar-refractivity contribution in [1.82, 2.24) is 9.97 Å². The summed E-state index contributed by atoms with van der Waals surface area (Å²) in [5.74, 6) is 0. The highest BCUT2D eigenvalue weighted by atomic mass is 15.1. The molecule has 0 unspecified atom stereocenters. The van der Waals surface area contributed by atoms with Gasteiger partial charge in [0.15, 0.2) is 0 Å². The number of hydrogen-bond acceptors (Lipinski definition) is 4. The Morgan fingerprint density at radius 1 is 0.929 bits per heavy atom. The van der Waals surface area contributed by atoms with Gasteiger partial charge in [0, 0.05) is 0 Å². The number of aromatic nitrogens is 2. The standard InChI is InChI=1S/C10H7N4/c1-2-4-9(5-3-1)13-14-10-6-11-8-12-7-10/h2-8H. The zero-order valence-corrected chi connectivity index (χ0v) is 7.33. The fourth-order valence-electron chi connectivity index (χ4n) is 0.903. The predicted octanol–water partition coefficient (Wildman–Crippen LogP) is 2.69. The van der Waals surface area contributed by atoms with E-state index in [-0.39, 0.29) is 0 Å². The summed E-state index contributed by atoms with van der Waals surface area (Å²) in [6.45, 7) is 0. The molecule has 0 atom stereocenters. The minimum Gasteiger partial charge on any atom is -0.243 e. The molecule has 1 heterocycles. The molecule has 0 aliphatic carbocycles. The molecule has 0 saturated heterocycles. The maximum atomic E-state index is 4.00. The largest absolute Gasteiger partial charge is 0.243 e. The molecule has 4 heteroatoms. The highest BCUT2D eigenvalue weighted by Gasteiger charge is 1.88. The molecule has 67 valence electrons. The Morgan fingerprint density at radius 2 is 1.57 bits per heavy atom. The first kappa shape index (κ1) is 8.50. The summed E-state index contributed by atoms with van der Waals surface area (Å²) in [5.41, 5.74) is 1.42. The van der Waals surface area contributed by atoms with E-state index in [1.165, 1.54) is 6.33 Å². The van der Waals surface area contributed by atoms with Crippen molar-refractivity contribution in [3.8, 4) is 0 Å². The van der Waals surface area contributed by atoms with Crippen LogP contribution in [0, 0.1) is 6.07 Å². The number of rotatable bonds is 2. The van der Waals surface area contributed by atoms with E-state index in [4.69, 9.17) is 0 Å². The highest BCUT2D eigenvalue weighted by Crippen LogP contribution is 2.14. The fourth-order valence-corrected chi connectivity index (χ4v) is 0.903. The molecule has 0 saturated carbocycles. The third-order valence-corrected chi connectivity index (χ3v) is 1.53. The van der Waals surface area contributed by atoms with Crippen LogP contribution in [0.25, 0.3) is 0 Å². The minimum atomic E-state index is 0.639. The summed E-state index contributed by atoms with van der Waals surface area (Å²) in [7, 11) is 0. The second-order valence-electron chi connectivity index (χ2n) is 2.55. The van der Waals surface area contributed by atoms with E-state index in [0.717, 1.165) is 5.69 Å². The molecule has 2 rings (SSSR count). The first-order valence-electron chi connectivity index (χ1n) is 4.08. The van der Waals surface area contributed by atoms with Crippen LogP contribution in [0.4, 0.5) is 11.4 Å². The molecule has 2 aromatic rings. The van der Waals surface area contributed by atoms with Crippen LogP contribution >= 0.6 is 0 Å². The Morgan fingerprint density at radius 3 is 2.29 bits per heavy atom. The molecule has 0 fully saturated rings. The van der Waals surface area contributed by atoms with E-state index >= 15 is 0 Å². The Balaban J connectivity index is 2.16.